The van der Waals surface area contributed by atoms with Crippen molar-refractivity contribution in [3.05, 3.63) is 5.28 Å². The van der Waals surface area contributed by atoms with Gasteiger partial charge in [0, 0.05) is 12.6 Å². The molecule has 20 heavy (non-hydrogen) atoms. The Morgan fingerprint density at radius 3 is 2.05 bits per heavy atom. The van der Waals surface area contributed by atoms with Gasteiger partial charge in [-0.2, -0.15) is 15.0 Å². The second-order valence-corrected chi connectivity index (χ2v) is 7.16. The molecule has 4 aliphatic rings. The zero-order chi connectivity index (χ0) is 13.7. The van der Waals surface area contributed by atoms with Gasteiger partial charge in [0.1, 0.15) is 0 Å². The minimum atomic E-state index is 0.199. The topological polar surface area (TPSA) is 62.7 Å². The molecule has 6 heteroatoms. The Morgan fingerprint density at radius 1 is 0.950 bits per heavy atom. The first kappa shape index (κ1) is 12.6. The molecule has 108 valence electrons. The Balaban J connectivity index is 1.61. The first-order chi connectivity index (χ1) is 9.64. The molecule has 1 aromatic rings. The molecule has 5 nitrogen and oxygen atoms in total. The van der Waals surface area contributed by atoms with Crippen molar-refractivity contribution in [1.82, 2.24) is 15.0 Å². The molecule has 0 atom stereocenters. The number of rotatable bonds is 3. The summed E-state index contributed by atoms with van der Waals surface area (Å²) in [4.78, 5) is 12.7. The first-order valence-electron chi connectivity index (χ1n) is 7.52. The van der Waals surface area contributed by atoms with Gasteiger partial charge in [-0.15, -0.1) is 0 Å². The maximum Gasteiger partial charge on any atom is 0.229 e. The van der Waals surface area contributed by atoms with Crippen LogP contribution in [0, 0.1) is 17.8 Å². The predicted octanol–water partition coefficient (Wildman–Crippen LogP) is 2.95. The summed E-state index contributed by atoms with van der Waals surface area (Å²) in [6, 6.07) is 0. The van der Waals surface area contributed by atoms with Gasteiger partial charge in [0.2, 0.25) is 17.2 Å². The highest BCUT2D eigenvalue weighted by Crippen LogP contribution is 2.56. The van der Waals surface area contributed by atoms with Crippen LogP contribution >= 0.6 is 11.6 Å². The van der Waals surface area contributed by atoms with Crippen LogP contribution in [-0.4, -0.2) is 27.5 Å². The molecule has 2 N–H and O–H groups in total. The lowest BCUT2D eigenvalue weighted by atomic mass is 9.53. The Bertz CT molecular complexity index is 497. The summed E-state index contributed by atoms with van der Waals surface area (Å²) >= 11 is 5.97. The Kier molecular flexibility index (Phi) is 2.81. The monoisotopic (exact) mass is 293 g/mol. The lowest BCUT2D eigenvalue weighted by Gasteiger charge is -2.56. The molecular formula is C14H20ClN5. The van der Waals surface area contributed by atoms with Crippen molar-refractivity contribution in [3.8, 4) is 0 Å². The van der Waals surface area contributed by atoms with Crippen molar-refractivity contribution in [2.45, 2.75) is 44.1 Å². The molecule has 0 aromatic carbocycles. The molecule has 4 bridgehead atoms. The van der Waals surface area contributed by atoms with E-state index in [1.54, 1.807) is 7.05 Å². The third-order valence-electron chi connectivity index (χ3n) is 5.25. The predicted molar refractivity (Wildman–Crippen MR) is 78.9 cm³/mol. The number of nitrogens with zero attached hydrogens (tertiary/aromatic N) is 3. The fourth-order valence-electron chi connectivity index (χ4n) is 5.02. The maximum absolute atomic E-state index is 5.97. The summed E-state index contributed by atoms with van der Waals surface area (Å²) in [5.41, 5.74) is 0.199. The van der Waals surface area contributed by atoms with E-state index in [2.05, 4.69) is 25.6 Å². The van der Waals surface area contributed by atoms with Gasteiger partial charge >= 0.3 is 0 Å². The van der Waals surface area contributed by atoms with Gasteiger partial charge in [0.05, 0.1) is 0 Å². The average Bonchev–Trinajstić information content (AvgIpc) is 2.35. The van der Waals surface area contributed by atoms with Crippen molar-refractivity contribution >= 4 is 23.5 Å². The van der Waals surface area contributed by atoms with Crippen LogP contribution < -0.4 is 10.6 Å². The lowest BCUT2D eigenvalue weighted by molar-refractivity contribution is 0.0103. The summed E-state index contributed by atoms with van der Waals surface area (Å²) < 4.78 is 0. The van der Waals surface area contributed by atoms with Crippen molar-refractivity contribution in [2.75, 3.05) is 17.7 Å². The SMILES string of the molecule is CNc1nc(Cl)nc(NC23CC4CC(CC(C4)C2)C3)n1. The molecule has 5 rings (SSSR count). The standard InChI is InChI=1S/C14H20ClN5/c1-16-12-17-11(15)18-13(19-12)20-14-5-8-2-9(6-14)4-10(3-8)7-14/h8-10H,2-7H2,1H3,(H2,16,17,18,19,20). The summed E-state index contributed by atoms with van der Waals surface area (Å²) in [7, 11) is 1.79. The van der Waals surface area contributed by atoms with Gasteiger partial charge in [-0.3, -0.25) is 0 Å². The minimum Gasteiger partial charge on any atom is -0.357 e. The van der Waals surface area contributed by atoms with Gasteiger partial charge < -0.3 is 10.6 Å². The van der Waals surface area contributed by atoms with E-state index in [0.29, 0.717) is 11.9 Å². The second kappa shape index (κ2) is 4.45. The number of anilines is 2. The number of hydrogen-bond donors (Lipinski definition) is 2. The fraction of sp³-hybridized carbons (Fsp3) is 0.786. The Morgan fingerprint density at radius 2 is 1.50 bits per heavy atom. The van der Waals surface area contributed by atoms with Crippen molar-refractivity contribution < 1.29 is 0 Å². The fourth-order valence-corrected chi connectivity index (χ4v) is 5.18. The van der Waals surface area contributed by atoms with E-state index in [1.165, 1.54) is 38.5 Å². The molecule has 4 fully saturated rings. The highest BCUT2D eigenvalue weighted by atomic mass is 35.5. The van der Waals surface area contributed by atoms with Gasteiger partial charge in [-0.05, 0) is 67.9 Å². The molecule has 0 saturated heterocycles. The van der Waals surface area contributed by atoms with E-state index < -0.39 is 0 Å². The van der Waals surface area contributed by atoms with Gasteiger partial charge in [-0.1, -0.05) is 0 Å². The number of nitrogens with one attached hydrogen (secondary N) is 2. The van der Waals surface area contributed by atoms with Crippen LogP contribution in [0.5, 0.6) is 0 Å². The first-order valence-corrected chi connectivity index (χ1v) is 7.89. The van der Waals surface area contributed by atoms with E-state index >= 15 is 0 Å². The van der Waals surface area contributed by atoms with Crippen molar-refractivity contribution in [2.24, 2.45) is 17.8 Å². The Labute approximate surface area is 123 Å². The molecule has 0 aliphatic heterocycles. The van der Waals surface area contributed by atoms with Crippen molar-refractivity contribution in [3.63, 3.8) is 0 Å². The van der Waals surface area contributed by atoms with Crippen LogP contribution in [0.3, 0.4) is 0 Å². The Hall–Kier alpha value is -1.10. The normalized spacial score (nSPS) is 38.0. The summed E-state index contributed by atoms with van der Waals surface area (Å²) in [5.74, 6) is 3.84. The lowest BCUT2D eigenvalue weighted by Crippen LogP contribution is -2.55. The van der Waals surface area contributed by atoms with Crippen LogP contribution in [0.4, 0.5) is 11.9 Å². The molecule has 0 spiro atoms. The van der Waals surface area contributed by atoms with Crippen molar-refractivity contribution in [1.29, 1.82) is 0 Å². The van der Waals surface area contributed by atoms with Gasteiger partial charge in [0.15, 0.2) is 0 Å². The maximum atomic E-state index is 5.97. The van der Waals surface area contributed by atoms with Crippen LogP contribution in [0.15, 0.2) is 0 Å². The number of hydrogen-bond acceptors (Lipinski definition) is 5. The molecule has 0 radical (unpaired) electrons. The largest absolute Gasteiger partial charge is 0.357 e. The third-order valence-corrected chi connectivity index (χ3v) is 5.42. The molecule has 4 saturated carbocycles. The molecule has 1 aromatic heterocycles. The molecule has 4 aliphatic carbocycles. The minimum absolute atomic E-state index is 0.199. The zero-order valence-corrected chi connectivity index (χ0v) is 12.5. The molecule has 1 heterocycles. The highest BCUT2D eigenvalue weighted by molar-refractivity contribution is 6.28. The van der Waals surface area contributed by atoms with Crippen LogP contribution in [0.1, 0.15) is 38.5 Å². The molecular weight excluding hydrogens is 274 g/mol. The summed E-state index contributed by atoms with van der Waals surface area (Å²) in [6.07, 6.45) is 8.08. The third kappa shape index (κ3) is 2.12. The highest BCUT2D eigenvalue weighted by Gasteiger charge is 2.51. The van der Waals surface area contributed by atoms with Gasteiger partial charge in [0.25, 0.3) is 0 Å². The average molecular weight is 294 g/mol. The van der Waals surface area contributed by atoms with E-state index in [1.807, 2.05) is 0 Å². The smallest absolute Gasteiger partial charge is 0.229 e. The van der Waals surface area contributed by atoms with Crippen LogP contribution in [0.25, 0.3) is 0 Å². The molecule has 0 amide bonds. The zero-order valence-electron chi connectivity index (χ0n) is 11.7. The van der Waals surface area contributed by atoms with Gasteiger partial charge in [-0.25, -0.2) is 0 Å². The van der Waals surface area contributed by atoms with Crippen LogP contribution in [0.2, 0.25) is 5.28 Å². The van der Waals surface area contributed by atoms with E-state index in [9.17, 15) is 0 Å². The van der Waals surface area contributed by atoms with E-state index in [0.717, 1.165) is 17.8 Å². The summed E-state index contributed by atoms with van der Waals surface area (Å²) in [6.45, 7) is 0. The van der Waals surface area contributed by atoms with Crippen LogP contribution in [-0.2, 0) is 0 Å². The number of aromatic nitrogens is 3. The van der Waals surface area contributed by atoms with E-state index in [-0.39, 0.29) is 10.8 Å². The second-order valence-electron chi connectivity index (χ2n) is 6.82. The quantitative estimate of drug-likeness (QED) is 0.897. The number of halogens is 1. The molecule has 0 unspecified atom stereocenters. The summed E-state index contributed by atoms with van der Waals surface area (Å²) in [5, 5.41) is 6.79. The van der Waals surface area contributed by atoms with E-state index in [4.69, 9.17) is 11.6 Å².